The van der Waals surface area contributed by atoms with Crippen molar-refractivity contribution in [3.05, 3.63) is 23.2 Å². The summed E-state index contributed by atoms with van der Waals surface area (Å²) in [4.78, 5) is 2.00. The highest BCUT2D eigenvalue weighted by molar-refractivity contribution is 7.89. The molecule has 0 spiro atoms. The summed E-state index contributed by atoms with van der Waals surface area (Å²) in [6.07, 6.45) is 0. The Morgan fingerprint density at radius 2 is 1.95 bits per heavy atom. The van der Waals surface area contributed by atoms with Gasteiger partial charge in [-0.1, -0.05) is 25.4 Å². The summed E-state index contributed by atoms with van der Waals surface area (Å²) < 4.78 is 27.5. The molecule has 1 unspecified atom stereocenters. The van der Waals surface area contributed by atoms with Gasteiger partial charge < -0.3 is 10.6 Å². The molecule has 0 radical (unpaired) electrons. The molecule has 0 aliphatic carbocycles. The summed E-state index contributed by atoms with van der Waals surface area (Å²) in [5, 5.41) is 0.129. The minimum atomic E-state index is -3.66. The van der Waals surface area contributed by atoms with Crippen LogP contribution in [0.3, 0.4) is 0 Å². The summed E-state index contributed by atoms with van der Waals surface area (Å²) >= 11 is 5.97. The Kier molecular flexibility index (Phi) is 5.82. The number of hydrogen-bond donors (Lipinski definition) is 2. The molecule has 3 N–H and O–H groups in total. The van der Waals surface area contributed by atoms with Gasteiger partial charge in [0, 0.05) is 18.3 Å². The van der Waals surface area contributed by atoms with Gasteiger partial charge in [-0.2, -0.15) is 0 Å². The van der Waals surface area contributed by atoms with Crippen molar-refractivity contribution in [2.45, 2.75) is 24.8 Å². The van der Waals surface area contributed by atoms with E-state index in [0.29, 0.717) is 12.2 Å². The second-order valence-corrected chi connectivity index (χ2v) is 7.51. The van der Waals surface area contributed by atoms with Crippen LogP contribution in [0.1, 0.15) is 13.8 Å². The van der Waals surface area contributed by atoms with Gasteiger partial charge in [0.05, 0.1) is 5.02 Å². The van der Waals surface area contributed by atoms with Crippen LogP contribution in [0.25, 0.3) is 0 Å². The van der Waals surface area contributed by atoms with Crippen molar-refractivity contribution in [3.8, 4) is 0 Å². The number of benzene rings is 1. The van der Waals surface area contributed by atoms with Gasteiger partial charge in [0.15, 0.2) is 0 Å². The fraction of sp³-hybridized carbons (Fsp3) is 0.538. The Morgan fingerprint density at radius 1 is 1.35 bits per heavy atom. The van der Waals surface area contributed by atoms with Crippen LogP contribution >= 0.6 is 11.6 Å². The Bertz CT molecular complexity index is 559. The summed E-state index contributed by atoms with van der Waals surface area (Å²) in [5.74, 6) is 0.166. The molecule has 0 amide bonds. The van der Waals surface area contributed by atoms with Crippen LogP contribution in [0.5, 0.6) is 0 Å². The normalized spacial score (nSPS) is 13.9. The molecule has 0 heterocycles. The lowest BCUT2D eigenvalue weighted by Gasteiger charge is -2.25. The number of halogens is 1. The molecule has 0 aliphatic rings. The first-order valence-electron chi connectivity index (χ1n) is 6.35. The van der Waals surface area contributed by atoms with Crippen LogP contribution in [-0.2, 0) is 10.0 Å². The molecule has 20 heavy (non-hydrogen) atoms. The lowest BCUT2D eigenvalue weighted by Crippen LogP contribution is -2.44. The van der Waals surface area contributed by atoms with E-state index in [1.54, 1.807) is 0 Å². The molecule has 1 aromatic rings. The van der Waals surface area contributed by atoms with Crippen molar-refractivity contribution in [2.75, 3.05) is 26.4 Å². The van der Waals surface area contributed by atoms with Crippen LogP contribution in [0.4, 0.5) is 5.69 Å². The largest absolute Gasteiger partial charge is 0.399 e. The van der Waals surface area contributed by atoms with E-state index in [0.717, 1.165) is 0 Å². The minimum Gasteiger partial charge on any atom is -0.399 e. The highest BCUT2D eigenvalue weighted by Gasteiger charge is 2.24. The van der Waals surface area contributed by atoms with Crippen molar-refractivity contribution in [1.82, 2.24) is 9.62 Å². The van der Waals surface area contributed by atoms with E-state index in [1.807, 2.05) is 32.8 Å². The number of likely N-dealkylation sites (N-methyl/N-ethyl adjacent to an activating group) is 1. The third-order valence-electron chi connectivity index (χ3n) is 2.92. The van der Waals surface area contributed by atoms with Crippen LogP contribution in [0.2, 0.25) is 5.02 Å². The lowest BCUT2D eigenvalue weighted by atomic mass is 10.1. The molecular weight excluding hydrogens is 298 g/mol. The molecule has 0 fully saturated rings. The van der Waals surface area contributed by atoms with Crippen LogP contribution in [0.15, 0.2) is 23.1 Å². The number of nitrogen functional groups attached to an aromatic ring is 1. The molecule has 0 saturated carbocycles. The van der Waals surface area contributed by atoms with Gasteiger partial charge in [0.1, 0.15) is 4.90 Å². The van der Waals surface area contributed by atoms with E-state index < -0.39 is 10.0 Å². The topological polar surface area (TPSA) is 75.4 Å². The Balaban J connectivity index is 3.03. The number of hydrogen-bond acceptors (Lipinski definition) is 4. The lowest BCUT2D eigenvalue weighted by molar-refractivity contribution is 0.314. The van der Waals surface area contributed by atoms with Gasteiger partial charge >= 0.3 is 0 Å². The maximum absolute atomic E-state index is 12.4. The van der Waals surface area contributed by atoms with E-state index in [1.165, 1.54) is 18.2 Å². The van der Waals surface area contributed by atoms with Gasteiger partial charge in [-0.3, -0.25) is 0 Å². The van der Waals surface area contributed by atoms with Crippen molar-refractivity contribution >= 4 is 27.3 Å². The third-order valence-corrected chi connectivity index (χ3v) is 4.89. The fourth-order valence-corrected chi connectivity index (χ4v) is 3.70. The van der Waals surface area contributed by atoms with Gasteiger partial charge in [-0.05, 0) is 38.2 Å². The molecule has 0 aromatic heterocycles. The number of sulfonamides is 1. The quantitative estimate of drug-likeness (QED) is 0.784. The van der Waals surface area contributed by atoms with Gasteiger partial charge in [-0.25, -0.2) is 13.1 Å². The molecule has 0 saturated heterocycles. The smallest absolute Gasteiger partial charge is 0.242 e. The highest BCUT2D eigenvalue weighted by Crippen LogP contribution is 2.24. The number of nitrogens with two attached hydrogens (primary N) is 1. The van der Waals surface area contributed by atoms with Crippen LogP contribution in [-0.4, -0.2) is 40.0 Å². The zero-order valence-electron chi connectivity index (χ0n) is 12.2. The molecule has 1 aromatic carbocycles. The zero-order valence-corrected chi connectivity index (χ0v) is 13.8. The minimum absolute atomic E-state index is 0.0535. The zero-order chi connectivity index (χ0) is 15.5. The first kappa shape index (κ1) is 17.2. The predicted molar refractivity (Wildman–Crippen MR) is 83.4 cm³/mol. The molecule has 0 aliphatic heterocycles. The first-order chi connectivity index (χ1) is 9.13. The number of nitrogens with zero attached hydrogens (tertiary/aromatic N) is 1. The monoisotopic (exact) mass is 319 g/mol. The van der Waals surface area contributed by atoms with Gasteiger partial charge in [-0.15, -0.1) is 0 Å². The van der Waals surface area contributed by atoms with Crippen molar-refractivity contribution < 1.29 is 8.42 Å². The average Bonchev–Trinajstić information content (AvgIpc) is 2.26. The van der Waals surface area contributed by atoms with Crippen LogP contribution < -0.4 is 10.5 Å². The van der Waals surface area contributed by atoms with E-state index >= 15 is 0 Å². The summed E-state index contributed by atoms with van der Waals surface area (Å²) in [6.45, 7) is 4.56. The summed E-state index contributed by atoms with van der Waals surface area (Å²) in [6, 6.07) is 4.19. The maximum Gasteiger partial charge on any atom is 0.242 e. The molecule has 1 rings (SSSR count). The number of nitrogens with one attached hydrogen (secondary N) is 1. The molecule has 5 nitrogen and oxygen atoms in total. The predicted octanol–water partition coefficient (Wildman–Crippen LogP) is 1.79. The van der Waals surface area contributed by atoms with E-state index in [2.05, 4.69) is 4.72 Å². The van der Waals surface area contributed by atoms with Gasteiger partial charge in [0.2, 0.25) is 10.0 Å². The third kappa shape index (κ3) is 4.63. The molecule has 0 bridgehead atoms. The molecule has 7 heteroatoms. The Labute approximate surface area is 126 Å². The number of rotatable bonds is 6. The van der Waals surface area contributed by atoms with E-state index in [4.69, 9.17) is 17.3 Å². The first-order valence-corrected chi connectivity index (χ1v) is 8.21. The molecule has 1 atom stereocenters. The van der Waals surface area contributed by atoms with Crippen molar-refractivity contribution in [3.63, 3.8) is 0 Å². The second-order valence-electron chi connectivity index (χ2n) is 5.42. The Hall–Kier alpha value is -0.820. The molecular formula is C13H22ClN3O2S. The van der Waals surface area contributed by atoms with Crippen LogP contribution in [0, 0.1) is 5.92 Å². The maximum atomic E-state index is 12.4. The van der Waals surface area contributed by atoms with E-state index in [-0.39, 0.29) is 21.9 Å². The standard InChI is InChI=1S/C13H22ClN3O2S/c1-9(2)12(8-17(3)4)16-20(18,19)13-6-5-10(15)7-11(13)14/h5-7,9,12,16H,8,15H2,1-4H3. The Morgan fingerprint density at radius 3 is 2.40 bits per heavy atom. The van der Waals surface area contributed by atoms with E-state index in [9.17, 15) is 8.42 Å². The summed E-state index contributed by atoms with van der Waals surface area (Å²) in [7, 11) is 0.144. The number of anilines is 1. The highest BCUT2D eigenvalue weighted by atomic mass is 35.5. The average molecular weight is 320 g/mol. The fourth-order valence-electron chi connectivity index (χ4n) is 1.78. The second kappa shape index (κ2) is 6.76. The SMILES string of the molecule is CC(C)C(CN(C)C)NS(=O)(=O)c1ccc(N)cc1Cl. The van der Waals surface area contributed by atoms with Gasteiger partial charge in [0.25, 0.3) is 0 Å². The van der Waals surface area contributed by atoms with Crippen molar-refractivity contribution in [2.24, 2.45) is 5.92 Å². The van der Waals surface area contributed by atoms with Crippen molar-refractivity contribution in [1.29, 1.82) is 0 Å². The molecule has 114 valence electrons. The summed E-state index contributed by atoms with van der Waals surface area (Å²) in [5.41, 5.74) is 6.01.